The predicted octanol–water partition coefficient (Wildman–Crippen LogP) is 1.29. The molecule has 1 rings (SSSR count). The molecule has 1 aliphatic rings. The second-order valence-corrected chi connectivity index (χ2v) is 4.27. The number of rotatable bonds is 5. The molecular weight excluding hydrogens is 176 g/mol. The topological polar surface area (TPSA) is 41.1 Å². The van der Waals surface area contributed by atoms with Gasteiger partial charge in [0.15, 0.2) is 0 Å². The van der Waals surface area contributed by atoms with Crippen molar-refractivity contribution >= 4 is 5.91 Å². The van der Waals surface area contributed by atoms with Gasteiger partial charge < -0.3 is 10.6 Å². The molecule has 0 saturated heterocycles. The van der Waals surface area contributed by atoms with Crippen LogP contribution in [0.25, 0.3) is 0 Å². The van der Waals surface area contributed by atoms with Gasteiger partial charge >= 0.3 is 0 Å². The Morgan fingerprint density at radius 3 is 2.57 bits per heavy atom. The van der Waals surface area contributed by atoms with Crippen molar-refractivity contribution in [2.75, 3.05) is 13.1 Å². The number of amides is 1. The van der Waals surface area contributed by atoms with Crippen LogP contribution in [0.15, 0.2) is 0 Å². The van der Waals surface area contributed by atoms with E-state index in [9.17, 15) is 4.79 Å². The van der Waals surface area contributed by atoms with Crippen LogP contribution < -0.4 is 10.6 Å². The maximum atomic E-state index is 10.6. The highest BCUT2D eigenvalue weighted by molar-refractivity contribution is 5.72. The zero-order valence-corrected chi connectivity index (χ0v) is 9.31. The number of nitrogens with one attached hydrogen (secondary N) is 2. The molecule has 1 atom stereocenters. The summed E-state index contributed by atoms with van der Waals surface area (Å²) in [6, 6.07) is 0.603. The van der Waals surface area contributed by atoms with Crippen molar-refractivity contribution in [3.05, 3.63) is 0 Å². The van der Waals surface area contributed by atoms with Gasteiger partial charge in [-0.25, -0.2) is 0 Å². The van der Waals surface area contributed by atoms with Crippen LogP contribution in [-0.2, 0) is 4.79 Å². The number of carbonyl (C=O) groups excluding carboxylic acids is 1. The first-order valence-corrected chi connectivity index (χ1v) is 5.68. The first kappa shape index (κ1) is 11.5. The highest BCUT2D eigenvalue weighted by Gasteiger charge is 2.20. The predicted molar refractivity (Wildman–Crippen MR) is 58.1 cm³/mol. The van der Waals surface area contributed by atoms with E-state index in [2.05, 4.69) is 17.6 Å². The van der Waals surface area contributed by atoms with E-state index in [1.165, 1.54) is 25.7 Å². The van der Waals surface area contributed by atoms with E-state index in [1.54, 1.807) is 6.92 Å². The van der Waals surface area contributed by atoms with Gasteiger partial charge in [0.1, 0.15) is 0 Å². The lowest BCUT2D eigenvalue weighted by atomic mass is 10.00. The standard InChI is InChI=1S/C11H22N2O/c1-9(11-5-3-4-6-11)12-7-8-13-10(2)14/h9,11-12H,3-8H2,1-2H3,(H,13,14)/t9-/m1/s1. The molecule has 0 radical (unpaired) electrons. The van der Waals surface area contributed by atoms with Crippen LogP contribution in [0, 0.1) is 5.92 Å². The molecule has 0 aromatic heterocycles. The van der Waals surface area contributed by atoms with Crippen LogP contribution in [0.3, 0.4) is 0 Å². The summed E-state index contributed by atoms with van der Waals surface area (Å²) in [7, 11) is 0. The number of carbonyl (C=O) groups is 1. The average molecular weight is 198 g/mol. The lowest BCUT2D eigenvalue weighted by molar-refractivity contribution is -0.118. The smallest absolute Gasteiger partial charge is 0.216 e. The van der Waals surface area contributed by atoms with Crippen LogP contribution in [0.5, 0.6) is 0 Å². The van der Waals surface area contributed by atoms with Crippen molar-refractivity contribution in [2.24, 2.45) is 5.92 Å². The Balaban J connectivity index is 2.02. The number of hydrogen-bond donors (Lipinski definition) is 2. The third-order valence-corrected chi connectivity index (χ3v) is 3.07. The summed E-state index contributed by atoms with van der Waals surface area (Å²) >= 11 is 0. The molecule has 0 spiro atoms. The minimum Gasteiger partial charge on any atom is -0.355 e. The summed E-state index contributed by atoms with van der Waals surface area (Å²) in [5.41, 5.74) is 0. The monoisotopic (exact) mass is 198 g/mol. The molecule has 0 bridgehead atoms. The SMILES string of the molecule is CC(=O)NCCN[C@H](C)C1CCCC1. The normalized spacial score (nSPS) is 19.6. The van der Waals surface area contributed by atoms with Gasteiger partial charge in [-0.3, -0.25) is 4.79 Å². The second kappa shape index (κ2) is 6.02. The maximum absolute atomic E-state index is 10.6. The maximum Gasteiger partial charge on any atom is 0.216 e. The van der Waals surface area contributed by atoms with Gasteiger partial charge in [0.25, 0.3) is 0 Å². The molecule has 3 heteroatoms. The molecule has 0 aromatic carbocycles. The van der Waals surface area contributed by atoms with Gasteiger partial charge in [-0.2, -0.15) is 0 Å². The van der Waals surface area contributed by atoms with E-state index in [1.807, 2.05) is 0 Å². The van der Waals surface area contributed by atoms with Crippen LogP contribution >= 0.6 is 0 Å². The van der Waals surface area contributed by atoms with Crippen molar-refractivity contribution in [3.63, 3.8) is 0 Å². The quantitative estimate of drug-likeness (QED) is 0.654. The van der Waals surface area contributed by atoms with E-state index in [-0.39, 0.29) is 5.91 Å². The first-order chi connectivity index (χ1) is 6.70. The van der Waals surface area contributed by atoms with Crippen molar-refractivity contribution in [3.8, 4) is 0 Å². The minimum atomic E-state index is 0.0559. The number of hydrogen-bond acceptors (Lipinski definition) is 2. The Morgan fingerprint density at radius 2 is 2.00 bits per heavy atom. The summed E-state index contributed by atoms with van der Waals surface area (Å²) in [5.74, 6) is 0.910. The van der Waals surface area contributed by atoms with Gasteiger partial charge in [0, 0.05) is 26.1 Å². The Bertz CT molecular complexity index is 176. The van der Waals surface area contributed by atoms with Crippen molar-refractivity contribution in [1.82, 2.24) is 10.6 Å². The van der Waals surface area contributed by atoms with Crippen molar-refractivity contribution in [2.45, 2.75) is 45.6 Å². The molecule has 1 amide bonds. The fourth-order valence-electron chi connectivity index (χ4n) is 2.16. The lowest BCUT2D eigenvalue weighted by Crippen LogP contribution is -2.38. The van der Waals surface area contributed by atoms with Crippen LogP contribution in [0.2, 0.25) is 0 Å². The molecular formula is C11H22N2O. The third kappa shape index (κ3) is 4.09. The van der Waals surface area contributed by atoms with Crippen LogP contribution in [-0.4, -0.2) is 25.0 Å². The van der Waals surface area contributed by atoms with E-state index in [0.29, 0.717) is 6.04 Å². The fourth-order valence-corrected chi connectivity index (χ4v) is 2.16. The molecule has 0 aliphatic heterocycles. The van der Waals surface area contributed by atoms with Gasteiger partial charge in [0.05, 0.1) is 0 Å². The molecule has 0 heterocycles. The highest BCUT2D eigenvalue weighted by Crippen LogP contribution is 2.27. The van der Waals surface area contributed by atoms with Gasteiger partial charge in [-0.05, 0) is 25.7 Å². The van der Waals surface area contributed by atoms with Gasteiger partial charge in [0.2, 0.25) is 5.91 Å². The molecule has 3 nitrogen and oxygen atoms in total. The largest absolute Gasteiger partial charge is 0.355 e. The summed E-state index contributed by atoms with van der Waals surface area (Å²) in [5, 5.41) is 6.26. The Kier molecular flexibility index (Phi) is 4.94. The first-order valence-electron chi connectivity index (χ1n) is 5.68. The van der Waals surface area contributed by atoms with E-state index >= 15 is 0 Å². The van der Waals surface area contributed by atoms with Crippen molar-refractivity contribution in [1.29, 1.82) is 0 Å². The Hall–Kier alpha value is -0.570. The summed E-state index contributed by atoms with van der Waals surface area (Å²) < 4.78 is 0. The van der Waals surface area contributed by atoms with Crippen LogP contribution in [0.1, 0.15) is 39.5 Å². The summed E-state index contributed by atoms with van der Waals surface area (Å²) in [6.07, 6.45) is 5.52. The second-order valence-electron chi connectivity index (χ2n) is 4.27. The summed E-state index contributed by atoms with van der Waals surface area (Å²) in [6.45, 7) is 5.44. The molecule has 0 unspecified atom stereocenters. The molecule has 82 valence electrons. The third-order valence-electron chi connectivity index (χ3n) is 3.07. The summed E-state index contributed by atoms with van der Waals surface area (Å²) in [4.78, 5) is 10.6. The lowest BCUT2D eigenvalue weighted by Gasteiger charge is -2.20. The van der Waals surface area contributed by atoms with E-state index < -0.39 is 0 Å². The van der Waals surface area contributed by atoms with E-state index in [0.717, 1.165) is 19.0 Å². The molecule has 1 saturated carbocycles. The van der Waals surface area contributed by atoms with E-state index in [4.69, 9.17) is 0 Å². The average Bonchev–Trinajstić information content (AvgIpc) is 2.64. The minimum absolute atomic E-state index is 0.0559. The van der Waals surface area contributed by atoms with Gasteiger partial charge in [-0.1, -0.05) is 12.8 Å². The Morgan fingerprint density at radius 1 is 1.36 bits per heavy atom. The fraction of sp³-hybridized carbons (Fsp3) is 0.909. The Labute approximate surface area is 86.6 Å². The van der Waals surface area contributed by atoms with Gasteiger partial charge in [-0.15, -0.1) is 0 Å². The zero-order valence-electron chi connectivity index (χ0n) is 9.31. The molecule has 0 aromatic rings. The highest BCUT2D eigenvalue weighted by atomic mass is 16.1. The molecule has 2 N–H and O–H groups in total. The molecule has 1 fully saturated rings. The van der Waals surface area contributed by atoms with Crippen LogP contribution in [0.4, 0.5) is 0 Å². The molecule has 1 aliphatic carbocycles. The van der Waals surface area contributed by atoms with Crippen molar-refractivity contribution < 1.29 is 4.79 Å². The zero-order chi connectivity index (χ0) is 10.4. The molecule has 14 heavy (non-hydrogen) atoms.